The van der Waals surface area contributed by atoms with Gasteiger partial charge in [-0.15, -0.1) is 0 Å². The number of hydrogen-bond donors (Lipinski definition) is 0. The minimum Gasteiger partial charge on any atom is -0.299 e. The van der Waals surface area contributed by atoms with Crippen LogP contribution < -0.4 is 0 Å². The van der Waals surface area contributed by atoms with Gasteiger partial charge in [0.2, 0.25) is 0 Å². The molecule has 0 N–H and O–H groups in total. The van der Waals surface area contributed by atoms with Crippen molar-refractivity contribution >= 4 is 5.78 Å². The van der Waals surface area contributed by atoms with Crippen LogP contribution in [0.2, 0.25) is 0 Å². The molecule has 0 aromatic heterocycles. The first-order valence-electron chi connectivity index (χ1n) is 7.58. The fourth-order valence-corrected chi connectivity index (χ4v) is 3.16. The maximum Gasteiger partial charge on any atom is 0.140 e. The lowest BCUT2D eigenvalue weighted by Crippen LogP contribution is -2.22. The summed E-state index contributed by atoms with van der Waals surface area (Å²) < 4.78 is 0. The molecule has 0 bridgehead atoms. The largest absolute Gasteiger partial charge is 0.299 e. The van der Waals surface area contributed by atoms with Crippen LogP contribution in [0.4, 0.5) is 0 Å². The Morgan fingerprint density at radius 3 is 2.21 bits per heavy atom. The predicted octanol–water partition coefficient (Wildman–Crippen LogP) is 4.94. The summed E-state index contributed by atoms with van der Waals surface area (Å²) in [7, 11) is 0. The SMILES string of the molecule is CCC(C)c1cccc(C(C)C)c1C1(C(C)=O)CC1. The number of Topliss-reactive ketones (excluding diaryl/α,β-unsaturated/α-hetero) is 1. The van der Waals surface area contributed by atoms with E-state index in [0.29, 0.717) is 17.6 Å². The molecule has 19 heavy (non-hydrogen) atoms. The van der Waals surface area contributed by atoms with E-state index in [9.17, 15) is 4.79 Å². The summed E-state index contributed by atoms with van der Waals surface area (Å²) in [6.45, 7) is 10.7. The van der Waals surface area contributed by atoms with Gasteiger partial charge in [0.15, 0.2) is 0 Å². The van der Waals surface area contributed by atoms with Crippen LogP contribution in [-0.4, -0.2) is 5.78 Å². The van der Waals surface area contributed by atoms with E-state index in [-0.39, 0.29) is 5.41 Å². The molecule has 0 aliphatic heterocycles. The number of benzene rings is 1. The van der Waals surface area contributed by atoms with E-state index in [1.807, 2.05) is 0 Å². The Hall–Kier alpha value is -1.11. The number of carbonyl (C=O) groups is 1. The Morgan fingerprint density at radius 2 is 1.79 bits per heavy atom. The van der Waals surface area contributed by atoms with Crippen molar-refractivity contribution in [2.24, 2.45) is 0 Å². The molecule has 2 rings (SSSR count). The van der Waals surface area contributed by atoms with Crippen molar-refractivity contribution < 1.29 is 4.79 Å². The van der Waals surface area contributed by atoms with Crippen molar-refractivity contribution in [3.05, 3.63) is 34.9 Å². The van der Waals surface area contributed by atoms with Gasteiger partial charge in [-0.2, -0.15) is 0 Å². The van der Waals surface area contributed by atoms with Crippen LogP contribution in [0.1, 0.15) is 82.4 Å². The Kier molecular flexibility index (Phi) is 3.85. The van der Waals surface area contributed by atoms with Gasteiger partial charge in [-0.3, -0.25) is 4.79 Å². The fraction of sp³-hybridized carbons (Fsp3) is 0.611. The summed E-state index contributed by atoms with van der Waals surface area (Å²) in [6, 6.07) is 6.61. The smallest absolute Gasteiger partial charge is 0.140 e. The van der Waals surface area contributed by atoms with E-state index >= 15 is 0 Å². The quantitative estimate of drug-likeness (QED) is 0.730. The molecule has 1 unspecified atom stereocenters. The Balaban J connectivity index is 2.64. The molecule has 1 aliphatic carbocycles. The van der Waals surface area contributed by atoms with Crippen LogP contribution >= 0.6 is 0 Å². The number of hydrogen-bond acceptors (Lipinski definition) is 1. The molecule has 1 aliphatic rings. The van der Waals surface area contributed by atoms with Crippen LogP contribution in [0.15, 0.2) is 18.2 Å². The summed E-state index contributed by atoms with van der Waals surface area (Å²) in [4.78, 5) is 12.2. The van der Waals surface area contributed by atoms with Crippen LogP contribution in [0.25, 0.3) is 0 Å². The summed E-state index contributed by atoms with van der Waals surface area (Å²) in [6.07, 6.45) is 3.20. The number of rotatable bonds is 5. The lowest BCUT2D eigenvalue weighted by atomic mass is 9.78. The van der Waals surface area contributed by atoms with Gasteiger partial charge in [0.25, 0.3) is 0 Å². The second-order valence-corrected chi connectivity index (χ2v) is 6.41. The first kappa shape index (κ1) is 14.3. The number of carbonyl (C=O) groups excluding carboxylic acids is 1. The fourth-order valence-electron chi connectivity index (χ4n) is 3.16. The summed E-state index contributed by atoms with van der Waals surface area (Å²) in [5, 5.41) is 0. The van der Waals surface area contributed by atoms with Crippen LogP contribution in [0.3, 0.4) is 0 Å². The molecule has 1 heteroatoms. The van der Waals surface area contributed by atoms with E-state index in [1.165, 1.54) is 16.7 Å². The van der Waals surface area contributed by atoms with Crippen molar-refractivity contribution in [1.82, 2.24) is 0 Å². The monoisotopic (exact) mass is 258 g/mol. The van der Waals surface area contributed by atoms with Gasteiger partial charge in [-0.1, -0.05) is 45.9 Å². The van der Waals surface area contributed by atoms with Gasteiger partial charge >= 0.3 is 0 Å². The number of ketones is 1. The highest BCUT2D eigenvalue weighted by Crippen LogP contribution is 2.53. The van der Waals surface area contributed by atoms with Gasteiger partial charge in [-0.05, 0) is 54.7 Å². The second kappa shape index (κ2) is 5.11. The first-order chi connectivity index (χ1) is 8.94. The molecule has 0 saturated heterocycles. The van der Waals surface area contributed by atoms with Crippen molar-refractivity contribution in [3.8, 4) is 0 Å². The van der Waals surface area contributed by atoms with Gasteiger partial charge in [0, 0.05) is 0 Å². The van der Waals surface area contributed by atoms with Crippen LogP contribution in [0.5, 0.6) is 0 Å². The summed E-state index contributed by atoms with van der Waals surface area (Å²) in [5.41, 5.74) is 4.00. The van der Waals surface area contributed by atoms with E-state index in [0.717, 1.165) is 19.3 Å². The first-order valence-corrected chi connectivity index (χ1v) is 7.58. The molecule has 1 atom stereocenters. The van der Waals surface area contributed by atoms with E-state index in [1.54, 1.807) is 6.92 Å². The molecule has 0 radical (unpaired) electrons. The van der Waals surface area contributed by atoms with E-state index in [2.05, 4.69) is 45.9 Å². The third-order valence-corrected chi connectivity index (χ3v) is 4.80. The maximum atomic E-state index is 12.2. The maximum absolute atomic E-state index is 12.2. The second-order valence-electron chi connectivity index (χ2n) is 6.41. The summed E-state index contributed by atoms with van der Waals surface area (Å²) >= 11 is 0. The average molecular weight is 258 g/mol. The molecule has 0 spiro atoms. The lowest BCUT2D eigenvalue weighted by Gasteiger charge is -2.26. The zero-order chi connectivity index (χ0) is 14.2. The third-order valence-electron chi connectivity index (χ3n) is 4.80. The van der Waals surface area contributed by atoms with Crippen LogP contribution in [0, 0.1) is 0 Å². The average Bonchev–Trinajstić information content (AvgIpc) is 3.18. The van der Waals surface area contributed by atoms with Crippen molar-refractivity contribution in [2.75, 3.05) is 0 Å². The van der Waals surface area contributed by atoms with Crippen molar-refractivity contribution in [1.29, 1.82) is 0 Å². The van der Waals surface area contributed by atoms with Gasteiger partial charge in [0.1, 0.15) is 5.78 Å². The molecule has 0 amide bonds. The minimum atomic E-state index is -0.153. The highest BCUT2D eigenvalue weighted by Gasteiger charge is 2.51. The molecule has 1 aromatic rings. The topological polar surface area (TPSA) is 17.1 Å². The van der Waals surface area contributed by atoms with Crippen molar-refractivity contribution in [2.45, 2.75) is 71.1 Å². The molecule has 1 aromatic carbocycles. The predicted molar refractivity (Wildman–Crippen MR) is 80.8 cm³/mol. The normalized spacial score (nSPS) is 18.4. The molecule has 104 valence electrons. The Labute approximate surface area is 117 Å². The molecule has 0 heterocycles. The van der Waals surface area contributed by atoms with Gasteiger partial charge in [-0.25, -0.2) is 0 Å². The Bertz CT molecular complexity index is 480. The summed E-state index contributed by atoms with van der Waals surface area (Å²) in [5.74, 6) is 1.37. The molecule has 1 saturated carbocycles. The highest BCUT2D eigenvalue weighted by atomic mass is 16.1. The Morgan fingerprint density at radius 1 is 1.21 bits per heavy atom. The van der Waals surface area contributed by atoms with E-state index in [4.69, 9.17) is 0 Å². The molecular weight excluding hydrogens is 232 g/mol. The van der Waals surface area contributed by atoms with Crippen molar-refractivity contribution in [3.63, 3.8) is 0 Å². The minimum absolute atomic E-state index is 0.153. The van der Waals surface area contributed by atoms with Gasteiger partial charge in [0.05, 0.1) is 5.41 Å². The lowest BCUT2D eigenvalue weighted by molar-refractivity contribution is -0.119. The highest BCUT2D eigenvalue weighted by molar-refractivity contribution is 5.92. The third kappa shape index (κ3) is 2.35. The van der Waals surface area contributed by atoms with Crippen LogP contribution in [-0.2, 0) is 10.2 Å². The molecule has 1 fully saturated rings. The van der Waals surface area contributed by atoms with E-state index < -0.39 is 0 Å². The zero-order valence-electron chi connectivity index (χ0n) is 12.9. The van der Waals surface area contributed by atoms with Gasteiger partial charge < -0.3 is 0 Å². The zero-order valence-corrected chi connectivity index (χ0v) is 12.9. The standard InChI is InChI=1S/C18H26O/c1-6-13(4)16-9-7-8-15(12(2)3)17(16)18(10-11-18)14(5)19/h7-9,12-13H,6,10-11H2,1-5H3. The molecular formula is C18H26O. The molecule has 1 nitrogen and oxygen atoms in total.